The number of halogens is 3. The minimum atomic E-state index is -4.56. The van der Waals surface area contributed by atoms with Gasteiger partial charge in [0.05, 0.1) is 10.5 Å². The van der Waals surface area contributed by atoms with Crippen molar-refractivity contribution in [1.82, 2.24) is 9.62 Å². The van der Waals surface area contributed by atoms with Crippen LogP contribution in [0, 0.1) is 0 Å². The first kappa shape index (κ1) is 16.9. The van der Waals surface area contributed by atoms with E-state index in [0.29, 0.717) is 19.0 Å². The van der Waals surface area contributed by atoms with Gasteiger partial charge < -0.3 is 4.90 Å². The van der Waals surface area contributed by atoms with Gasteiger partial charge in [0, 0.05) is 6.54 Å². The molecule has 1 rings (SSSR count). The maximum absolute atomic E-state index is 12.5. The number of alkyl halides is 3. The van der Waals surface area contributed by atoms with Crippen LogP contribution in [0.5, 0.6) is 0 Å². The fourth-order valence-corrected chi connectivity index (χ4v) is 2.64. The van der Waals surface area contributed by atoms with Crippen LogP contribution in [0.4, 0.5) is 13.2 Å². The van der Waals surface area contributed by atoms with E-state index in [0.717, 1.165) is 18.2 Å². The average molecular weight is 310 g/mol. The first-order chi connectivity index (χ1) is 9.13. The van der Waals surface area contributed by atoms with E-state index >= 15 is 0 Å². The van der Waals surface area contributed by atoms with E-state index in [-0.39, 0.29) is 11.4 Å². The lowest BCUT2D eigenvalue weighted by Crippen LogP contribution is -2.27. The molecule has 0 saturated heterocycles. The van der Waals surface area contributed by atoms with Crippen molar-refractivity contribution in [2.75, 3.05) is 27.2 Å². The molecule has 0 aromatic heterocycles. The van der Waals surface area contributed by atoms with Crippen molar-refractivity contribution in [1.29, 1.82) is 0 Å². The lowest BCUT2D eigenvalue weighted by molar-refractivity contribution is -0.137. The van der Waals surface area contributed by atoms with E-state index in [1.54, 1.807) is 0 Å². The second-order valence-corrected chi connectivity index (χ2v) is 6.35. The van der Waals surface area contributed by atoms with Gasteiger partial charge in [-0.05, 0) is 45.3 Å². The van der Waals surface area contributed by atoms with Crippen LogP contribution in [0.1, 0.15) is 12.0 Å². The van der Waals surface area contributed by atoms with Crippen molar-refractivity contribution in [3.05, 3.63) is 29.8 Å². The predicted octanol–water partition coefficient (Wildman–Crippen LogP) is 1.94. The molecule has 0 amide bonds. The van der Waals surface area contributed by atoms with Crippen LogP contribution in [0.15, 0.2) is 29.2 Å². The molecule has 0 aliphatic rings. The Balaban J connectivity index is 2.78. The number of rotatable bonds is 6. The van der Waals surface area contributed by atoms with Gasteiger partial charge in [0.1, 0.15) is 0 Å². The topological polar surface area (TPSA) is 49.4 Å². The minimum Gasteiger partial charge on any atom is -0.309 e. The lowest BCUT2D eigenvalue weighted by atomic mass is 10.2. The molecule has 0 aliphatic carbocycles. The Labute approximate surface area is 116 Å². The van der Waals surface area contributed by atoms with E-state index in [2.05, 4.69) is 4.72 Å². The molecule has 8 heteroatoms. The molecule has 0 spiro atoms. The Hall–Kier alpha value is -1.12. The molecule has 0 fully saturated rings. The third kappa shape index (κ3) is 5.10. The maximum Gasteiger partial charge on any atom is 0.416 e. The molecule has 0 radical (unpaired) electrons. The fraction of sp³-hybridized carbons (Fsp3) is 0.500. The van der Waals surface area contributed by atoms with Crippen molar-refractivity contribution in [3.8, 4) is 0 Å². The van der Waals surface area contributed by atoms with Gasteiger partial charge in [-0.25, -0.2) is 13.1 Å². The van der Waals surface area contributed by atoms with Crippen molar-refractivity contribution in [3.63, 3.8) is 0 Å². The van der Waals surface area contributed by atoms with E-state index in [4.69, 9.17) is 0 Å². The summed E-state index contributed by atoms with van der Waals surface area (Å²) in [7, 11) is -0.212. The van der Waals surface area contributed by atoms with Gasteiger partial charge in [-0.3, -0.25) is 0 Å². The average Bonchev–Trinajstić information content (AvgIpc) is 2.34. The summed E-state index contributed by atoms with van der Waals surface area (Å²) in [5, 5.41) is 0. The normalized spacial score (nSPS) is 12.9. The highest BCUT2D eigenvalue weighted by Gasteiger charge is 2.31. The summed E-state index contributed by atoms with van der Waals surface area (Å²) in [5.74, 6) is 0. The van der Waals surface area contributed by atoms with E-state index < -0.39 is 21.8 Å². The Morgan fingerprint density at radius 2 is 1.90 bits per heavy atom. The lowest BCUT2D eigenvalue weighted by Gasteiger charge is -2.12. The first-order valence-corrected chi connectivity index (χ1v) is 7.43. The smallest absolute Gasteiger partial charge is 0.309 e. The number of hydrogen-bond donors (Lipinski definition) is 1. The molecule has 0 atom stereocenters. The number of benzene rings is 1. The maximum atomic E-state index is 12.5. The standard InChI is InChI=1S/C12H17F3N2O2S/c1-17(2)8-4-7-16-20(18,19)11-6-3-5-10(9-11)12(13,14)15/h3,5-6,9,16H,4,7-8H2,1-2H3. The number of nitrogens with one attached hydrogen (secondary N) is 1. The predicted molar refractivity (Wildman–Crippen MR) is 69.8 cm³/mol. The quantitative estimate of drug-likeness (QED) is 0.817. The van der Waals surface area contributed by atoms with E-state index in [1.165, 1.54) is 0 Å². The molecule has 4 nitrogen and oxygen atoms in total. The molecule has 0 aliphatic heterocycles. The molecule has 0 saturated carbocycles. The molecular weight excluding hydrogens is 293 g/mol. The molecular formula is C12H17F3N2O2S. The van der Waals surface area contributed by atoms with Crippen LogP contribution in [-0.2, 0) is 16.2 Å². The van der Waals surface area contributed by atoms with Crippen molar-refractivity contribution in [2.45, 2.75) is 17.5 Å². The number of hydrogen-bond acceptors (Lipinski definition) is 3. The van der Waals surface area contributed by atoms with Gasteiger partial charge in [0.2, 0.25) is 10.0 Å². The van der Waals surface area contributed by atoms with Gasteiger partial charge in [-0.2, -0.15) is 13.2 Å². The fourth-order valence-electron chi connectivity index (χ4n) is 1.52. The largest absolute Gasteiger partial charge is 0.416 e. The second-order valence-electron chi connectivity index (χ2n) is 4.58. The van der Waals surface area contributed by atoms with Crippen LogP contribution >= 0.6 is 0 Å². The zero-order chi connectivity index (χ0) is 15.4. The molecule has 20 heavy (non-hydrogen) atoms. The van der Waals surface area contributed by atoms with Gasteiger partial charge in [-0.1, -0.05) is 6.07 Å². The first-order valence-electron chi connectivity index (χ1n) is 5.94. The van der Waals surface area contributed by atoms with Crippen LogP contribution in [-0.4, -0.2) is 40.5 Å². The SMILES string of the molecule is CN(C)CCCNS(=O)(=O)c1cccc(C(F)(F)F)c1. The summed E-state index contributed by atoms with van der Waals surface area (Å²) in [6.07, 6.45) is -3.98. The van der Waals surface area contributed by atoms with Gasteiger partial charge in [0.25, 0.3) is 0 Å². The number of nitrogens with zero attached hydrogens (tertiary/aromatic N) is 1. The third-order valence-electron chi connectivity index (χ3n) is 2.55. The van der Waals surface area contributed by atoms with Crippen LogP contribution in [0.2, 0.25) is 0 Å². The summed E-state index contributed by atoms with van der Waals surface area (Å²) in [6, 6.07) is 3.69. The minimum absolute atomic E-state index is 0.177. The Bertz CT molecular complexity index is 542. The van der Waals surface area contributed by atoms with Crippen molar-refractivity contribution in [2.24, 2.45) is 0 Å². The Morgan fingerprint density at radius 1 is 1.25 bits per heavy atom. The molecule has 1 aromatic carbocycles. The molecule has 1 N–H and O–H groups in total. The second kappa shape index (κ2) is 6.55. The zero-order valence-electron chi connectivity index (χ0n) is 11.2. The Kier molecular flexibility index (Phi) is 5.55. The van der Waals surface area contributed by atoms with Crippen LogP contribution in [0.25, 0.3) is 0 Å². The molecule has 1 aromatic rings. The van der Waals surface area contributed by atoms with E-state index in [9.17, 15) is 21.6 Å². The summed E-state index contributed by atoms with van der Waals surface area (Å²) in [5.41, 5.74) is -0.978. The highest BCUT2D eigenvalue weighted by Crippen LogP contribution is 2.30. The van der Waals surface area contributed by atoms with E-state index in [1.807, 2.05) is 19.0 Å². The van der Waals surface area contributed by atoms with Crippen LogP contribution in [0.3, 0.4) is 0 Å². The monoisotopic (exact) mass is 310 g/mol. The Morgan fingerprint density at radius 3 is 2.45 bits per heavy atom. The van der Waals surface area contributed by atoms with Gasteiger partial charge in [-0.15, -0.1) is 0 Å². The highest BCUT2D eigenvalue weighted by atomic mass is 32.2. The molecule has 0 bridgehead atoms. The molecule has 0 heterocycles. The van der Waals surface area contributed by atoms with Gasteiger partial charge >= 0.3 is 6.18 Å². The molecule has 114 valence electrons. The summed E-state index contributed by atoms with van der Waals surface area (Å²) in [4.78, 5) is 1.51. The summed E-state index contributed by atoms with van der Waals surface area (Å²) < 4.78 is 63.6. The van der Waals surface area contributed by atoms with Crippen molar-refractivity contribution < 1.29 is 21.6 Å². The summed E-state index contributed by atoms with van der Waals surface area (Å²) in [6.45, 7) is 0.863. The third-order valence-corrected chi connectivity index (χ3v) is 4.00. The number of sulfonamides is 1. The molecule has 0 unspecified atom stereocenters. The van der Waals surface area contributed by atoms with Crippen LogP contribution < -0.4 is 4.72 Å². The van der Waals surface area contributed by atoms with Crippen molar-refractivity contribution >= 4 is 10.0 Å². The zero-order valence-corrected chi connectivity index (χ0v) is 12.1. The summed E-state index contributed by atoms with van der Waals surface area (Å²) >= 11 is 0. The highest BCUT2D eigenvalue weighted by molar-refractivity contribution is 7.89. The van der Waals surface area contributed by atoms with Gasteiger partial charge in [0.15, 0.2) is 0 Å².